The number of amides is 1. The normalized spacial score (nSPS) is 12.2. The summed E-state index contributed by atoms with van der Waals surface area (Å²) < 4.78 is 0. The van der Waals surface area contributed by atoms with Crippen LogP contribution in [-0.4, -0.2) is 22.3 Å². The van der Waals surface area contributed by atoms with Crippen molar-refractivity contribution < 1.29 is 4.79 Å². The largest absolute Gasteiger partial charge is 0.393 e. The van der Waals surface area contributed by atoms with Crippen LogP contribution in [0, 0.1) is 5.92 Å². The van der Waals surface area contributed by atoms with E-state index in [4.69, 9.17) is 18.0 Å². The van der Waals surface area contributed by atoms with Gasteiger partial charge in [-0.1, -0.05) is 56.4 Å². The average Bonchev–Trinajstić information content (AvgIpc) is 2.49. The fourth-order valence-corrected chi connectivity index (χ4v) is 2.60. The first kappa shape index (κ1) is 17.6. The lowest BCUT2D eigenvalue weighted by Crippen LogP contribution is -2.39. The second-order valence-corrected chi connectivity index (χ2v) is 5.87. The van der Waals surface area contributed by atoms with E-state index in [2.05, 4.69) is 32.9 Å². The van der Waals surface area contributed by atoms with Gasteiger partial charge in [-0.25, -0.2) is 0 Å². The molecule has 1 rings (SSSR count). The van der Waals surface area contributed by atoms with Crippen LogP contribution in [0.25, 0.3) is 0 Å². The molecule has 2 N–H and O–H groups in total. The maximum atomic E-state index is 12.8. The molecular weight excluding hydrogens is 280 g/mol. The molecule has 0 saturated heterocycles. The highest BCUT2D eigenvalue weighted by molar-refractivity contribution is 7.80. The third-order valence-electron chi connectivity index (χ3n) is 3.97. The van der Waals surface area contributed by atoms with Crippen LogP contribution in [0.5, 0.6) is 0 Å². The summed E-state index contributed by atoms with van der Waals surface area (Å²) in [6.07, 6.45) is 2.29. The van der Waals surface area contributed by atoms with E-state index in [9.17, 15) is 4.79 Å². The zero-order chi connectivity index (χ0) is 15.8. The van der Waals surface area contributed by atoms with Crippen LogP contribution in [0.15, 0.2) is 30.3 Å². The van der Waals surface area contributed by atoms with Gasteiger partial charge in [0.2, 0.25) is 5.91 Å². The smallest absolute Gasteiger partial charge is 0.226 e. The fraction of sp³-hybridized carbons (Fsp3) is 0.529. The van der Waals surface area contributed by atoms with Gasteiger partial charge in [0.05, 0.1) is 11.0 Å². The molecule has 1 atom stereocenters. The number of hydrogen-bond donors (Lipinski definition) is 1. The van der Waals surface area contributed by atoms with E-state index in [1.165, 1.54) is 0 Å². The van der Waals surface area contributed by atoms with Crippen molar-refractivity contribution in [2.75, 3.05) is 6.54 Å². The number of carbonyl (C=O) groups excluding carboxylic acids is 1. The lowest BCUT2D eigenvalue weighted by Gasteiger charge is -2.32. The van der Waals surface area contributed by atoms with Crippen LogP contribution in [0.3, 0.4) is 0 Å². The van der Waals surface area contributed by atoms with E-state index in [1.54, 1.807) is 0 Å². The SMILES string of the molecule is CCC(CC)C(=O)N(CCC(N)=S)C(C)c1ccccc1. The van der Waals surface area contributed by atoms with E-state index in [-0.39, 0.29) is 17.9 Å². The Morgan fingerprint density at radius 3 is 2.29 bits per heavy atom. The van der Waals surface area contributed by atoms with E-state index >= 15 is 0 Å². The molecule has 0 bridgehead atoms. The van der Waals surface area contributed by atoms with Crippen LogP contribution in [0.1, 0.15) is 51.6 Å². The Morgan fingerprint density at radius 2 is 1.81 bits per heavy atom. The third kappa shape index (κ3) is 5.12. The molecule has 0 heterocycles. The van der Waals surface area contributed by atoms with Crippen molar-refractivity contribution >= 4 is 23.1 Å². The Labute approximate surface area is 133 Å². The van der Waals surface area contributed by atoms with E-state index < -0.39 is 0 Å². The monoisotopic (exact) mass is 306 g/mol. The number of benzene rings is 1. The van der Waals surface area contributed by atoms with Gasteiger partial charge in [-0.2, -0.15) is 0 Å². The van der Waals surface area contributed by atoms with E-state index in [0.717, 1.165) is 18.4 Å². The zero-order valence-corrected chi connectivity index (χ0v) is 14.0. The maximum absolute atomic E-state index is 12.8. The Balaban J connectivity index is 2.95. The molecule has 0 aromatic heterocycles. The third-order valence-corrected chi connectivity index (χ3v) is 4.17. The summed E-state index contributed by atoms with van der Waals surface area (Å²) >= 11 is 4.97. The van der Waals surface area contributed by atoms with Gasteiger partial charge in [0.1, 0.15) is 0 Å². The van der Waals surface area contributed by atoms with Crippen LogP contribution in [0.4, 0.5) is 0 Å². The summed E-state index contributed by atoms with van der Waals surface area (Å²) in [5.74, 6) is 0.273. The molecule has 0 saturated carbocycles. The van der Waals surface area contributed by atoms with Gasteiger partial charge >= 0.3 is 0 Å². The fourth-order valence-electron chi connectivity index (χ4n) is 2.51. The Kier molecular flexibility index (Phi) is 7.37. The first-order chi connectivity index (χ1) is 10.0. The van der Waals surface area contributed by atoms with E-state index in [0.29, 0.717) is 18.0 Å². The highest BCUT2D eigenvalue weighted by Crippen LogP contribution is 2.24. The molecule has 0 spiro atoms. The maximum Gasteiger partial charge on any atom is 0.226 e. The summed E-state index contributed by atoms with van der Waals surface area (Å²) in [6, 6.07) is 10.1. The molecule has 1 unspecified atom stereocenters. The predicted molar refractivity (Wildman–Crippen MR) is 92.0 cm³/mol. The van der Waals surface area contributed by atoms with Crippen molar-refractivity contribution in [3.63, 3.8) is 0 Å². The van der Waals surface area contributed by atoms with Crippen molar-refractivity contribution in [3.8, 4) is 0 Å². The highest BCUT2D eigenvalue weighted by atomic mass is 32.1. The minimum atomic E-state index is 0.0358. The topological polar surface area (TPSA) is 46.3 Å². The average molecular weight is 306 g/mol. The molecule has 21 heavy (non-hydrogen) atoms. The van der Waals surface area contributed by atoms with Gasteiger partial charge in [-0.3, -0.25) is 4.79 Å². The second-order valence-electron chi connectivity index (χ2n) is 5.35. The molecule has 3 nitrogen and oxygen atoms in total. The first-order valence-electron chi connectivity index (χ1n) is 7.64. The molecular formula is C17H26N2OS. The summed E-state index contributed by atoms with van der Waals surface area (Å²) in [6.45, 7) is 6.77. The Bertz CT molecular complexity index is 457. The number of carbonyl (C=O) groups is 1. The molecule has 116 valence electrons. The molecule has 0 aliphatic rings. The summed E-state index contributed by atoms with van der Waals surface area (Å²) in [5, 5.41) is 0. The number of nitrogens with two attached hydrogens (primary N) is 1. The lowest BCUT2D eigenvalue weighted by molar-refractivity contribution is -0.137. The minimum absolute atomic E-state index is 0.0358. The van der Waals surface area contributed by atoms with Gasteiger partial charge < -0.3 is 10.6 Å². The van der Waals surface area contributed by atoms with Crippen molar-refractivity contribution in [2.45, 2.75) is 46.1 Å². The van der Waals surface area contributed by atoms with Gasteiger partial charge in [0.25, 0.3) is 0 Å². The predicted octanol–water partition coefficient (Wildman–Crippen LogP) is 3.69. The van der Waals surface area contributed by atoms with Gasteiger partial charge in [0, 0.05) is 18.9 Å². The number of rotatable bonds is 8. The molecule has 0 radical (unpaired) electrons. The van der Waals surface area contributed by atoms with Gasteiger partial charge in [-0.05, 0) is 25.3 Å². The van der Waals surface area contributed by atoms with Crippen LogP contribution >= 0.6 is 12.2 Å². The lowest BCUT2D eigenvalue weighted by atomic mass is 9.99. The number of thiocarbonyl (C=S) groups is 1. The first-order valence-corrected chi connectivity index (χ1v) is 8.05. The molecule has 1 aromatic carbocycles. The van der Waals surface area contributed by atoms with Crippen molar-refractivity contribution in [1.29, 1.82) is 0 Å². The Hall–Kier alpha value is -1.42. The molecule has 0 aliphatic heterocycles. The minimum Gasteiger partial charge on any atom is -0.393 e. The van der Waals surface area contributed by atoms with Crippen LogP contribution < -0.4 is 5.73 Å². The van der Waals surface area contributed by atoms with Gasteiger partial charge in [0.15, 0.2) is 0 Å². The van der Waals surface area contributed by atoms with Crippen LogP contribution in [0.2, 0.25) is 0 Å². The van der Waals surface area contributed by atoms with Crippen molar-refractivity contribution in [1.82, 2.24) is 4.90 Å². The molecule has 1 amide bonds. The summed E-state index contributed by atoms with van der Waals surface area (Å²) in [4.78, 5) is 15.2. The zero-order valence-electron chi connectivity index (χ0n) is 13.2. The standard InChI is InChI=1S/C17H26N2OS/c1-4-14(5-2)17(20)19(12-11-16(18)21)13(3)15-9-7-6-8-10-15/h6-10,13-14H,4-5,11-12H2,1-3H3,(H2,18,21). The summed E-state index contributed by atoms with van der Waals surface area (Å²) in [5.41, 5.74) is 6.75. The molecule has 0 aliphatic carbocycles. The Morgan fingerprint density at radius 1 is 1.24 bits per heavy atom. The number of hydrogen-bond acceptors (Lipinski definition) is 2. The van der Waals surface area contributed by atoms with Gasteiger partial charge in [-0.15, -0.1) is 0 Å². The van der Waals surface area contributed by atoms with Crippen molar-refractivity contribution in [2.24, 2.45) is 11.7 Å². The number of nitrogens with zero attached hydrogens (tertiary/aromatic N) is 1. The van der Waals surface area contributed by atoms with E-state index in [1.807, 2.05) is 23.1 Å². The molecule has 1 aromatic rings. The highest BCUT2D eigenvalue weighted by Gasteiger charge is 2.26. The van der Waals surface area contributed by atoms with Crippen molar-refractivity contribution in [3.05, 3.63) is 35.9 Å². The second kappa shape index (κ2) is 8.78. The summed E-state index contributed by atoms with van der Waals surface area (Å²) in [7, 11) is 0. The van der Waals surface area contributed by atoms with Crippen LogP contribution in [-0.2, 0) is 4.79 Å². The molecule has 0 fully saturated rings. The molecule has 4 heteroatoms. The quantitative estimate of drug-likeness (QED) is 0.745.